The molecule has 0 spiro atoms. The van der Waals surface area contributed by atoms with Gasteiger partial charge >= 0.3 is 0 Å². The minimum absolute atomic E-state index is 0.00120. The van der Waals surface area contributed by atoms with E-state index < -0.39 is 21.7 Å². The van der Waals surface area contributed by atoms with E-state index in [2.05, 4.69) is 10.9 Å². The van der Waals surface area contributed by atoms with Crippen molar-refractivity contribution in [2.45, 2.75) is 6.92 Å². The zero-order valence-electron chi connectivity index (χ0n) is 12.9. The van der Waals surface area contributed by atoms with Crippen molar-refractivity contribution in [3.63, 3.8) is 0 Å². The normalized spacial score (nSPS) is 9.96. The highest BCUT2D eigenvalue weighted by Gasteiger charge is 2.16. The molecule has 0 radical (unpaired) electrons. The Morgan fingerprint density at radius 3 is 1.88 bits per heavy atom. The fourth-order valence-corrected chi connectivity index (χ4v) is 1.94. The molecule has 0 bridgehead atoms. The van der Waals surface area contributed by atoms with Gasteiger partial charge in [-0.25, -0.2) is 0 Å². The number of nitro groups is 2. The molecule has 128 valence electrons. The Kier molecular flexibility index (Phi) is 5.03. The highest BCUT2D eigenvalue weighted by molar-refractivity contribution is 5.99. The van der Waals surface area contributed by atoms with Gasteiger partial charge in [0, 0.05) is 34.9 Å². The summed E-state index contributed by atoms with van der Waals surface area (Å²) in [6.45, 7) is 1.54. The van der Waals surface area contributed by atoms with E-state index >= 15 is 0 Å². The lowest BCUT2D eigenvalue weighted by Crippen LogP contribution is -2.41. The molecular weight excluding hydrogens is 332 g/mol. The van der Waals surface area contributed by atoms with Crippen LogP contribution in [0.1, 0.15) is 26.3 Å². The Balaban J connectivity index is 2.04. The SMILES string of the molecule is Cc1ccc(C(=O)NNC(=O)c2ccc([N+](=O)[O-])cc2)cc1[N+](=O)[O-]. The van der Waals surface area contributed by atoms with Gasteiger partial charge < -0.3 is 0 Å². The van der Waals surface area contributed by atoms with Crippen molar-refractivity contribution in [1.29, 1.82) is 0 Å². The maximum atomic E-state index is 12.0. The molecule has 10 nitrogen and oxygen atoms in total. The zero-order valence-corrected chi connectivity index (χ0v) is 12.9. The number of benzene rings is 2. The number of nitrogens with zero attached hydrogens (tertiary/aromatic N) is 2. The van der Waals surface area contributed by atoms with Crippen molar-refractivity contribution in [2.75, 3.05) is 0 Å². The third-order valence-corrected chi connectivity index (χ3v) is 3.30. The fraction of sp³-hybridized carbons (Fsp3) is 0.0667. The van der Waals surface area contributed by atoms with Gasteiger partial charge in [-0.2, -0.15) is 0 Å². The third kappa shape index (κ3) is 4.13. The second kappa shape index (κ2) is 7.17. The molecule has 0 fully saturated rings. The van der Waals surface area contributed by atoms with Gasteiger partial charge in [-0.3, -0.25) is 40.7 Å². The van der Waals surface area contributed by atoms with E-state index in [0.29, 0.717) is 5.56 Å². The first-order valence-electron chi connectivity index (χ1n) is 6.90. The van der Waals surface area contributed by atoms with E-state index in [9.17, 15) is 29.8 Å². The van der Waals surface area contributed by atoms with Gasteiger partial charge in [-0.1, -0.05) is 6.07 Å². The average molecular weight is 344 g/mol. The van der Waals surface area contributed by atoms with E-state index in [1.165, 1.54) is 31.2 Å². The lowest BCUT2D eigenvalue weighted by molar-refractivity contribution is -0.385. The van der Waals surface area contributed by atoms with Crippen LogP contribution in [0, 0.1) is 27.2 Å². The second-order valence-corrected chi connectivity index (χ2v) is 4.97. The van der Waals surface area contributed by atoms with Crippen molar-refractivity contribution >= 4 is 23.2 Å². The van der Waals surface area contributed by atoms with Crippen LogP contribution < -0.4 is 10.9 Å². The van der Waals surface area contributed by atoms with Crippen molar-refractivity contribution < 1.29 is 19.4 Å². The van der Waals surface area contributed by atoms with Crippen LogP contribution in [0.25, 0.3) is 0 Å². The van der Waals surface area contributed by atoms with Crippen LogP contribution in [0.3, 0.4) is 0 Å². The number of nitro benzene ring substituents is 2. The molecule has 0 atom stereocenters. The number of nitrogens with one attached hydrogen (secondary N) is 2. The molecular formula is C15H12N4O6. The number of carbonyl (C=O) groups excluding carboxylic acids is 2. The summed E-state index contributed by atoms with van der Waals surface area (Å²) in [6, 6.07) is 8.68. The molecule has 25 heavy (non-hydrogen) atoms. The Morgan fingerprint density at radius 2 is 1.36 bits per heavy atom. The molecule has 0 aromatic heterocycles. The first kappa shape index (κ1) is 17.5. The van der Waals surface area contributed by atoms with E-state index in [-0.39, 0.29) is 22.5 Å². The first-order chi connectivity index (χ1) is 11.8. The molecule has 0 unspecified atom stereocenters. The predicted molar refractivity (Wildman–Crippen MR) is 85.9 cm³/mol. The Morgan fingerprint density at radius 1 is 0.840 bits per heavy atom. The highest BCUT2D eigenvalue weighted by atomic mass is 16.6. The highest BCUT2D eigenvalue weighted by Crippen LogP contribution is 2.19. The van der Waals surface area contributed by atoms with Crippen molar-refractivity contribution in [3.05, 3.63) is 79.4 Å². The second-order valence-electron chi connectivity index (χ2n) is 4.97. The Hall–Kier alpha value is -3.82. The number of hydrazine groups is 1. The van der Waals surface area contributed by atoms with Crippen molar-refractivity contribution in [3.8, 4) is 0 Å². The van der Waals surface area contributed by atoms with Gasteiger partial charge in [0.1, 0.15) is 0 Å². The van der Waals surface area contributed by atoms with Crippen LogP contribution >= 0.6 is 0 Å². The number of hydrogen-bond donors (Lipinski definition) is 2. The van der Waals surface area contributed by atoms with Gasteiger partial charge in [0.05, 0.1) is 9.85 Å². The summed E-state index contributed by atoms with van der Waals surface area (Å²) >= 11 is 0. The van der Waals surface area contributed by atoms with Gasteiger partial charge in [-0.05, 0) is 25.1 Å². The zero-order chi connectivity index (χ0) is 18.6. The minimum Gasteiger partial charge on any atom is -0.267 e. The molecule has 2 rings (SSSR count). The van der Waals surface area contributed by atoms with E-state index in [1.54, 1.807) is 0 Å². The van der Waals surface area contributed by atoms with Gasteiger partial charge in [0.2, 0.25) is 0 Å². The summed E-state index contributed by atoms with van der Waals surface area (Å²) in [5.41, 5.74) is 4.37. The first-order valence-corrected chi connectivity index (χ1v) is 6.90. The van der Waals surface area contributed by atoms with E-state index in [0.717, 1.165) is 18.2 Å². The molecule has 0 aliphatic carbocycles. The number of rotatable bonds is 4. The number of hydrogen-bond acceptors (Lipinski definition) is 6. The van der Waals surface area contributed by atoms with Gasteiger partial charge in [0.25, 0.3) is 23.2 Å². The quantitative estimate of drug-likeness (QED) is 0.640. The third-order valence-electron chi connectivity index (χ3n) is 3.30. The average Bonchev–Trinajstić information content (AvgIpc) is 2.59. The number of amides is 2. The summed E-state index contributed by atoms with van der Waals surface area (Å²) in [5.74, 6) is -1.43. The lowest BCUT2D eigenvalue weighted by atomic mass is 10.1. The standard InChI is InChI=1S/C15H12N4O6/c1-9-2-3-11(8-13(9)19(24)25)15(21)17-16-14(20)10-4-6-12(7-5-10)18(22)23/h2-8H,1H3,(H,16,20)(H,17,21). The minimum atomic E-state index is -0.738. The summed E-state index contributed by atoms with van der Waals surface area (Å²) < 4.78 is 0. The smallest absolute Gasteiger partial charge is 0.267 e. The van der Waals surface area contributed by atoms with Crippen LogP contribution in [-0.2, 0) is 0 Å². The topological polar surface area (TPSA) is 144 Å². The van der Waals surface area contributed by atoms with Crippen LogP contribution in [0.5, 0.6) is 0 Å². The van der Waals surface area contributed by atoms with E-state index in [4.69, 9.17) is 0 Å². The van der Waals surface area contributed by atoms with Crippen LogP contribution in [0.2, 0.25) is 0 Å². The predicted octanol–water partition coefficient (Wildman–Crippen LogP) is 1.89. The summed E-state index contributed by atoms with van der Waals surface area (Å²) in [6.07, 6.45) is 0. The summed E-state index contributed by atoms with van der Waals surface area (Å²) in [5, 5.41) is 21.4. The fourth-order valence-electron chi connectivity index (χ4n) is 1.94. The number of carbonyl (C=O) groups is 2. The van der Waals surface area contributed by atoms with E-state index in [1.807, 2.05) is 0 Å². The van der Waals surface area contributed by atoms with Crippen LogP contribution in [0.15, 0.2) is 42.5 Å². The van der Waals surface area contributed by atoms with Crippen molar-refractivity contribution in [1.82, 2.24) is 10.9 Å². The molecule has 0 heterocycles. The number of non-ortho nitro benzene ring substituents is 1. The van der Waals surface area contributed by atoms with Crippen LogP contribution in [-0.4, -0.2) is 21.7 Å². The molecule has 0 saturated carbocycles. The van der Waals surface area contributed by atoms with Gasteiger partial charge in [0.15, 0.2) is 0 Å². The Labute approximate surface area is 140 Å². The monoisotopic (exact) mass is 344 g/mol. The summed E-state index contributed by atoms with van der Waals surface area (Å²) in [4.78, 5) is 44.1. The lowest BCUT2D eigenvalue weighted by Gasteiger charge is -2.08. The Bertz CT molecular complexity index is 863. The molecule has 2 aromatic rings. The molecule has 0 aliphatic rings. The molecule has 0 saturated heterocycles. The maximum absolute atomic E-state index is 12.0. The molecule has 2 aromatic carbocycles. The summed E-state index contributed by atoms with van der Waals surface area (Å²) in [7, 11) is 0. The molecule has 10 heteroatoms. The largest absolute Gasteiger partial charge is 0.273 e. The molecule has 2 amide bonds. The molecule has 2 N–H and O–H groups in total. The van der Waals surface area contributed by atoms with Gasteiger partial charge in [-0.15, -0.1) is 0 Å². The van der Waals surface area contributed by atoms with Crippen LogP contribution in [0.4, 0.5) is 11.4 Å². The maximum Gasteiger partial charge on any atom is 0.273 e. The van der Waals surface area contributed by atoms with Crippen molar-refractivity contribution in [2.24, 2.45) is 0 Å². The number of aryl methyl sites for hydroxylation is 1. The molecule has 0 aliphatic heterocycles.